The largest absolute Gasteiger partial charge is 0.534 e. The Kier molecular flexibility index (Phi) is 7.02. The van der Waals surface area contributed by atoms with Gasteiger partial charge >= 0.3 is 14.3 Å². The van der Waals surface area contributed by atoms with E-state index in [1.165, 1.54) is 19.2 Å². The van der Waals surface area contributed by atoms with Gasteiger partial charge in [-0.25, -0.2) is 9.18 Å². The van der Waals surface area contributed by atoms with Crippen LogP contribution in [0.15, 0.2) is 72.8 Å². The maximum Gasteiger partial charge on any atom is 0.340 e. The van der Waals surface area contributed by atoms with E-state index < -0.39 is 20.1 Å². The molecule has 0 radical (unpaired) electrons. The molecule has 162 valence electrons. The van der Waals surface area contributed by atoms with Crippen molar-refractivity contribution in [2.45, 2.75) is 31.1 Å². The highest BCUT2D eigenvalue weighted by atomic mass is 79.9. The van der Waals surface area contributed by atoms with Crippen LogP contribution in [0, 0.1) is 5.82 Å². The number of rotatable bonds is 6. The highest BCUT2D eigenvalue weighted by molar-refractivity contribution is 9.08. The summed E-state index contributed by atoms with van der Waals surface area (Å²) in [7, 11) is -1.68. The molecule has 0 fully saturated rings. The van der Waals surface area contributed by atoms with Crippen LogP contribution in [-0.2, 0) is 10.1 Å². The van der Waals surface area contributed by atoms with Gasteiger partial charge in [0.05, 0.1) is 12.7 Å². The number of hydrogen-bond donors (Lipinski definition) is 0. The zero-order chi connectivity index (χ0) is 22.6. The lowest BCUT2D eigenvalue weighted by molar-refractivity contribution is 0.0595. The van der Waals surface area contributed by atoms with Crippen LogP contribution < -0.4 is 14.8 Å². The summed E-state index contributed by atoms with van der Waals surface area (Å²) in [5.74, 6) is -0.880. The number of hydrogen-bond acceptors (Lipinski definition) is 3. The Bertz CT molecular complexity index is 1010. The highest BCUT2D eigenvalue weighted by Gasteiger charge is 2.52. The maximum atomic E-state index is 14.6. The predicted octanol–water partition coefficient (Wildman–Crippen LogP) is 5.45. The first-order valence-electron chi connectivity index (χ1n) is 10.0. The number of esters is 1. The number of alkyl halides is 1. The van der Waals surface area contributed by atoms with Gasteiger partial charge in [-0.2, -0.15) is 0 Å². The minimum atomic E-state index is -2.92. The van der Waals surface area contributed by atoms with Crippen LogP contribution >= 0.6 is 15.9 Å². The van der Waals surface area contributed by atoms with Gasteiger partial charge in [0.1, 0.15) is 11.6 Å². The van der Waals surface area contributed by atoms with E-state index in [4.69, 9.17) is 9.16 Å². The molecule has 0 aliphatic heterocycles. The van der Waals surface area contributed by atoms with Gasteiger partial charge in [-0.1, -0.05) is 97.4 Å². The van der Waals surface area contributed by atoms with Crippen LogP contribution in [0.25, 0.3) is 0 Å². The van der Waals surface area contributed by atoms with Crippen molar-refractivity contribution in [1.82, 2.24) is 0 Å². The fourth-order valence-corrected chi connectivity index (χ4v) is 8.76. The number of methoxy groups -OCH3 is 1. The van der Waals surface area contributed by atoms with E-state index in [2.05, 4.69) is 61.0 Å². The molecular formula is C25H26BrFO3Si. The summed E-state index contributed by atoms with van der Waals surface area (Å²) in [5.41, 5.74) is 0.498. The van der Waals surface area contributed by atoms with E-state index in [0.717, 1.165) is 10.4 Å². The first-order chi connectivity index (χ1) is 14.7. The molecule has 0 atom stereocenters. The molecule has 0 aliphatic rings. The Labute approximate surface area is 192 Å². The molecule has 0 aliphatic carbocycles. The Balaban J connectivity index is 2.31. The van der Waals surface area contributed by atoms with Gasteiger partial charge in [-0.3, -0.25) is 0 Å². The van der Waals surface area contributed by atoms with Crippen molar-refractivity contribution in [3.8, 4) is 5.75 Å². The SMILES string of the molecule is COC(=O)c1cc(O[Si](c2ccccc2)(c2ccccc2)C(C)(C)C)c(CBr)cc1F. The van der Waals surface area contributed by atoms with Crippen molar-refractivity contribution in [3.05, 3.63) is 89.7 Å². The minimum absolute atomic E-state index is 0.139. The molecular weight excluding hydrogens is 475 g/mol. The van der Waals surface area contributed by atoms with Crippen molar-refractivity contribution in [1.29, 1.82) is 0 Å². The molecule has 0 saturated carbocycles. The van der Waals surface area contributed by atoms with Crippen LogP contribution in [0.4, 0.5) is 4.39 Å². The average Bonchev–Trinajstić information content (AvgIpc) is 2.77. The van der Waals surface area contributed by atoms with Gasteiger partial charge in [0.2, 0.25) is 0 Å². The quantitative estimate of drug-likeness (QED) is 0.256. The number of carbonyl (C=O) groups excluding carboxylic acids is 1. The van der Waals surface area contributed by atoms with Crippen molar-refractivity contribution in [2.75, 3.05) is 7.11 Å². The van der Waals surface area contributed by atoms with Crippen molar-refractivity contribution >= 4 is 40.6 Å². The van der Waals surface area contributed by atoms with Crippen LogP contribution in [0.1, 0.15) is 36.7 Å². The second-order valence-electron chi connectivity index (χ2n) is 8.33. The van der Waals surface area contributed by atoms with Crippen molar-refractivity contribution < 1.29 is 18.3 Å². The number of halogens is 2. The van der Waals surface area contributed by atoms with E-state index in [9.17, 15) is 9.18 Å². The average molecular weight is 501 g/mol. The summed E-state index contributed by atoms with van der Waals surface area (Å²) < 4.78 is 26.4. The fraction of sp³-hybridized carbons (Fsp3) is 0.240. The molecule has 3 aromatic carbocycles. The highest BCUT2D eigenvalue weighted by Crippen LogP contribution is 2.39. The molecule has 0 aromatic heterocycles. The third kappa shape index (κ3) is 4.46. The molecule has 3 nitrogen and oxygen atoms in total. The van der Waals surface area contributed by atoms with E-state index in [0.29, 0.717) is 16.6 Å². The summed E-state index contributed by atoms with van der Waals surface area (Å²) in [6, 6.07) is 23.1. The molecule has 0 spiro atoms. The summed E-state index contributed by atoms with van der Waals surface area (Å²) in [5, 5.41) is 2.31. The van der Waals surface area contributed by atoms with Gasteiger partial charge in [0, 0.05) is 10.9 Å². The first kappa shape index (κ1) is 23.2. The molecule has 0 amide bonds. The molecule has 0 saturated heterocycles. The molecule has 0 N–H and O–H groups in total. The Morgan fingerprint density at radius 1 is 0.968 bits per heavy atom. The number of carbonyl (C=O) groups is 1. The van der Waals surface area contributed by atoms with E-state index in [1.54, 1.807) is 0 Å². The number of benzene rings is 3. The predicted molar refractivity (Wildman–Crippen MR) is 129 cm³/mol. The van der Waals surface area contributed by atoms with Crippen LogP contribution in [0.5, 0.6) is 5.75 Å². The van der Waals surface area contributed by atoms with E-state index in [1.807, 2.05) is 36.4 Å². The third-order valence-electron chi connectivity index (χ3n) is 5.38. The van der Waals surface area contributed by atoms with E-state index in [-0.39, 0.29) is 10.6 Å². The molecule has 0 unspecified atom stereocenters. The first-order valence-corrected chi connectivity index (χ1v) is 13.0. The zero-order valence-corrected chi connectivity index (χ0v) is 20.7. The molecule has 3 rings (SSSR count). The van der Waals surface area contributed by atoms with Gasteiger partial charge in [0.25, 0.3) is 0 Å². The minimum Gasteiger partial charge on any atom is -0.534 e. The smallest absolute Gasteiger partial charge is 0.340 e. The van der Waals surface area contributed by atoms with Crippen molar-refractivity contribution in [3.63, 3.8) is 0 Å². The van der Waals surface area contributed by atoms with Crippen LogP contribution in [0.2, 0.25) is 5.04 Å². The van der Waals surface area contributed by atoms with E-state index >= 15 is 0 Å². The fourth-order valence-electron chi connectivity index (χ4n) is 3.87. The lowest BCUT2D eigenvalue weighted by Gasteiger charge is -2.43. The number of ether oxygens (including phenoxy) is 1. The van der Waals surface area contributed by atoms with Gasteiger partial charge < -0.3 is 9.16 Å². The van der Waals surface area contributed by atoms with Gasteiger partial charge in [-0.15, -0.1) is 0 Å². The summed E-state index contributed by atoms with van der Waals surface area (Å²) in [6.07, 6.45) is 0. The Hall–Kier alpha value is -2.44. The summed E-state index contributed by atoms with van der Waals surface area (Å²) >= 11 is 3.44. The standard InChI is InChI=1S/C25H26BrFO3Si/c1-25(2,3)31(19-11-7-5-8-12-19,20-13-9-6-10-14-20)30-23-16-21(24(28)29-4)22(27)15-18(23)17-26/h5-16H,17H2,1-4H3. The molecule has 31 heavy (non-hydrogen) atoms. The van der Waals surface area contributed by atoms with Crippen LogP contribution in [0.3, 0.4) is 0 Å². The molecule has 3 aromatic rings. The van der Waals surface area contributed by atoms with Crippen molar-refractivity contribution in [2.24, 2.45) is 0 Å². The zero-order valence-electron chi connectivity index (χ0n) is 18.1. The Morgan fingerprint density at radius 2 is 1.48 bits per heavy atom. The lowest BCUT2D eigenvalue weighted by Crippen LogP contribution is -2.68. The topological polar surface area (TPSA) is 35.5 Å². The second kappa shape index (κ2) is 9.36. The Morgan fingerprint density at radius 3 is 1.90 bits per heavy atom. The summed E-state index contributed by atoms with van der Waals surface area (Å²) in [4.78, 5) is 12.2. The normalized spacial score (nSPS) is 11.8. The second-order valence-corrected chi connectivity index (χ2v) is 13.1. The lowest BCUT2D eigenvalue weighted by atomic mass is 10.1. The molecule has 0 heterocycles. The summed E-state index contributed by atoms with van der Waals surface area (Å²) in [6.45, 7) is 6.49. The van der Waals surface area contributed by atoms with Gasteiger partial charge in [0.15, 0.2) is 0 Å². The monoisotopic (exact) mass is 500 g/mol. The van der Waals surface area contributed by atoms with Crippen LogP contribution in [-0.4, -0.2) is 21.4 Å². The maximum absolute atomic E-state index is 14.6. The molecule has 6 heteroatoms. The third-order valence-corrected chi connectivity index (χ3v) is 10.9. The molecule has 0 bridgehead atoms. The van der Waals surface area contributed by atoms with Gasteiger partial charge in [-0.05, 0) is 27.5 Å².